The summed E-state index contributed by atoms with van der Waals surface area (Å²) in [7, 11) is 5.93. The number of allylic oxidation sites excluding steroid dienone is 16. The van der Waals surface area contributed by atoms with Crippen LogP contribution in [0, 0.1) is 0 Å². The summed E-state index contributed by atoms with van der Waals surface area (Å²) in [6, 6.07) is 0. The highest BCUT2D eigenvalue weighted by molar-refractivity contribution is 5.71. The molecule has 0 saturated heterocycles. The lowest BCUT2D eigenvalue weighted by Gasteiger charge is -2.25. The lowest BCUT2D eigenvalue weighted by Crippen LogP contribution is -2.40. The maximum Gasteiger partial charge on any atom is 0.361 e. The molecule has 0 spiro atoms. The van der Waals surface area contributed by atoms with E-state index in [1.807, 2.05) is 21.1 Å². The Balaban J connectivity index is 4.50. The van der Waals surface area contributed by atoms with Crippen molar-refractivity contribution in [2.45, 2.75) is 193 Å². The Bertz CT molecular complexity index is 1380. The van der Waals surface area contributed by atoms with Gasteiger partial charge >= 0.3 is 17.9 Å². The minimum Gasteiger partial charge on any atom is -0.477 e. The number of hydrogen-bond acceptors (Lipinski definition) is 7. The number of likely N-dealkylation sites (N-methyl/N-ethyl adjacent to an activating group) is 1. The van der Waals surface area contributed by atoms with Gasteiger partial charge in [0, 0.05) is 12.8 Å². The van der Waals surface area contributed by atoms with Crippen LogP contribution in [0.1, 0.15) is 181 Å². The van der Waals surface area contributed by atoms with Gasteiger partial charge in [-0.25, -0.2) is 4.79 Å². The molecule has 65 heavy (non-hydrogen) atoms. The van der Waals surface area contributed by atoms with Crippen molar-refractivity contribution in [1.82, 2.24) is 0 Å². The van der Waals surface area contributed by atoms with Gasteiger partial charge in [0.1, 0.15) is 13.2 Å². The lowest BCUT2D eigenvalue weighted by atomic mass is 10.1. The monoisotopic (exact) mass is 909 g/mol. The number of carboxylic acids is 1. The summed E-state index contributed by atoms with van der Waals surface area (Å²) in [5.74, 6) is -2.10. The molecule has 0 aliphatic heterocycles. The first-order valence-corrected chi connectivity index (χ1v) is 25.4. The third-order valence-electron chi connectivity index (χ3n) is 10.3. The van der Waals surface area contributed by atoms with E-state index in [2.05, 4.69) is 111 Å². The van der Waals surface area contributed by atoms with Crippen molar-refractivity contribution in [3.05, 3.63) is 97.2 Å². The van der Waals surface area contributed by atoms with Crippen molar-refractivity contribution in [3.63, 3.8) is 0 Å². The van der Waals surface area contributed by atoms with Crippen molar-refractivity contribution >= 4 is 17.9 Å². The molecule has 0 heterocycles. The molecule has 9 heteroatoms. The Morgan fingerprint density at radius 1 is 0.477 bits per heavy atom. The summed E-state index contributed by atoms with van der Waals surface area (Å²) >= 11 is 0. The minimum atomic E-state index is -1.53. The van der Waals surface area contributed by atoms with Crippen LogP contribution in [-0.4, -0.2) is 87.4 Å². The second-order valence-electron chi connectivity index (χ2n) is 17.7. The maximum absolute atomic E-state index is 12.8. The summed E-state index contributed by atoms with van der Waals surface area (Å²) in [5, 5.41) is 9.66. The Morgan fingerprint density at radius 3 is 1.37 bits per heavy atom. The highest BCUT2D eigenvalue weighted by Crippen LogP contribution is 2.13. The molecular weight excluding hydrogens is 815 g/mol. The summed E-state index contributed by atoms with van der Waals surface area (Å²) < 4.78 is 22.7. The van der Waals surface area contributed by atoms with Gasteiger partial charge in [-0.1, -0.05) is 175 Å². The topological polar surface area (TPSA) is 108 Å². The SMILES string of the molecule is CC/C=C\C/C=C\C/C=C\C/C=C\C/C=C\C/C=C\C/C=C\CCCC(=O)OC(COC(=O)CCCCCCCCC/C=C\CCCCCCCC)COC(OCC[N+](C)(C)C)C(=O)O. The predicted octanol–water partition coefficient (Wildman–Crippen LogP) is 14.2. The van der Waals surface area contributed by atoms with Gasteiger partial charge in [-0.2, -0.15) is 0 Å². The molecule has 370 valence electrons. The van der Waals surface area contributed by atoms with E-state index in [9.17, 15) is 19.5 Å². The molecule has 0 aromatic carbocycles. The Kier molecular flexibility index (Phi) is 44.0. The number of quaternary nitrogens is 1. The van der Waals surface area contributed by atoms with Crippen LogP contribution in [0.4, 0.5) is 0 Å². The fourth-order valence-corrected chi connectivity index (χ4v) is 6.41. The van der Waals surface area contributed by atoms with Crippen LogP contribution < -0.4 is 0 Å². The molecule has 0 rings (SSSR count). The van der Waals surface area contributed by atoms with Gasteiger partial charge in [-0.05, 0) is 89.9 Å². The number of carbonyl (C=O) groups is 3. The zero-order valence-corrected chi connectivity index (χ0v) is 41.9. The van der Waals surface area contributed by atoms with E-state index in [4.69, 9.17) is 18.9 Å². The molecule has 0 fully saturated rings. The number of hydrogen-bond donors (Lipinski definition) is 1. The highest BCUT2D eigenvalue weighted by atomic mass is 16.7. The van der Waals surface area contributed by atoms with Crippen molar-refractivity contribution in [1.29, 1.82) is 0 Å². The molecule has 0 aromatic rings. The van der Waals surface area contributed by atoms with Crippen LogP contribution in [0.2, 0.25) is 0 Å². The van der Waals surface area contributed by atoms with E-state index in [-0.39, 0.29) is 38.6 Å². The third kappa shape index (κ3) is 48.0. The number of carboxylic acid groups (broad SMARTS) is 1. The van der Waals surface area contributed by atoms with Crippen LogP contribution in [0.15, 0.2) is 97.2 Å². The predicted molar refractivity (Wildman–Crippen MR) is 272 cm³/mol. The first-order chi connectivity index (χ1) is 31.6. The quantitative estimate of drug-likeness (QED) is 0.0212. The fourth-order valence-electron chi connectivity index (χ4n) is 6.41. The number of aliphatic carboxylic acids is 1. The van der Waals surface area contributed by atoms with E-state index < -0.39 is 24.3 Å². The van der Waals surface area contributed by atoms with Crippen LogP contribution in [0.25, 0.3) is 0 Å². The molecule has 9 nitrogen and oxygen atoms in total. The van der Waals surface area contributed by atoms with Gasteiger partial charge in [0.2, 0.25) is 0 Å². The van der Waals surface area contributed by atoms with E-state index in [0.29, 0.717) is 23.9 Å². The normalized spacial score (nSPS) is 13.7. The molecule has 0 amide bonds. The summed E-state index contributed by atoms with van der Waals surface area (Å²) in [5.41, 5.74) is 0. The van der Waals surface area contributed by atoms with Crippen LogP contribution in [-0.2, 0) is 33.3 Å². The Hall–Kier alpha value is -3.79. The standard InChI is InChI=1S/C56H93NO8/c1-6-8-10-12-14-16-18-20-22-24-25-26-27-28-29-31-33-35-37-39-41-43-45-47-54(59)65-52(51-64-56(55(60)61)62-49-48-57(3,4)5)50-63-53(58)46-44-42-40-38-36-34-32-30-23-21-19-17-15-13-11-9-7-2/h8,10,14,16,20-23,25-26,28-29,33,35,39,41,52,56H,6-7,9,11-13,15,17-19,24,27,30-32,34,36-38,40,42-51H2,1-5H3/p+1/b10-8-,16-14-,22-20-,23-21-,26-25-,29-28-,35-33-,41-39-. The van der Waals surface area contributed by atoms with Crippen molar-refractivity contribution in [2.24, 2.45) is 0 Å². The van der Waals surface area contributed by atoms with Crippen molar-refractivity contribution in [3.8, 4) is 0 Å². The molecule has 0 radical (unpaired) electrons. The van der Waals surface area contributed by atoms with Crippen molar-refractivity contribution in [2.75, 3.05) is 47.5 Å². The molecule has 0 aromatic heterocycles. The Morgan fingerprint density at radius 2 is 0.892 bits per heavy atom. The largest absolute Gasteiger partial charge is 0.477 e. The number of esters is 2. The zero-order chi connectivity index (χ0) is 47.7. The number of nitrogens with zero attached hydrogens (tertiary/aromatic N) is 1. The molecule has 2 unspecified atom stereocenters. The smallest absolute Gasteiger partial charge is 0.361 e. The van der Waals surface area contributed by atoms with Gasteiger partial charge in [-0.3, -0.25) is 9.59 Å². The molecule has 0 saturated carbocycles. The van der Waals surface area contributed by atoms with Crippen LogP contribution in [0.5, 0.6) is 0 Å². The van der Waals surface area contributed by atoms with Gasteiger partial charge in [0.05, 0.1) is 34.4 Å². The lowest BCUT2D eigenvalue weighted by molar-refractivity contribution is -0.870. The van der Waals surface area contributed by atoms with Gasteiger partial charge in [-0.15, -0.1) is 0 Å². The molecule has 0 bridgehead atoms. The van der Waals surface area contributed by atoms with Crippen LogP contribution >= 0.6 is 0 Å². The van der Waals surface area contributed by atoms with Gasteiger partial charge < -0.3 is 28.5 Å². The zero-order valence-electron chi connectivity index (χ0n) is 41.9. The average molecular weight is 909 g/mol. The van der Waals surface area contributed by atoms with E-state index in [1.54, 1.807) is 0 Å². The number of ether oxygens (including phenoxy) is 4. The minimum absolute atomic E-state index is 0.171. The summed E-state index contributed by atoms with van der Waals surface area (Å²) in [4.78, 5) is 37.2. The second kappa shape index (κ2) is 46.7. The molecule has 2 atom stereocenters. The molecular formula is C56H94NO8+. The van der Waals surface area contributed by atoms with E-state index in [1.165, 1.54) is 64.2 Å². The first-order valence-electron chi connectivity index (χ1n) is 25.4. The van der Waals surface area contributed by atoms with Gasteiger partial charge in [0.25, 0.3) is 6.29 Å². The van der Waals surface area contributed by atoms with Crippen molar-refractivity contribution < 1.29 is 42.9 Å². The summed E-state index contributed by atoms with van der Waals surface area (Å²) in [6.07, 6.45) is 59.0. The third-order valence-corrected chi connectivity index (χ3v) is 10.3. The second-order valence-corrected chi connectivity index (χ2v) is 17.7. The average Bonchev–Trinajstić information content (AvgIpc) is 3.27. The number of rotatable bonds is 45. The number of carbonyl (C=O) groups excluding carboxylic acids is 2. The molecule has 1 N–H and O–H groups in total. The van der Waals surface area contributed by atoms with Crippen LogP contribution in [0.3, 0.4) is 0 Å². The highest BCUT2D eigenvalue weighted by Gasteiger charge is 2.25. The first kappa shape index (κ1) is 61.2. The molecule has 0 aliphatic carbocycles. The van der Waals surface area contributed by atoms with Gasteiger partial charge in [0.15, 0.2) is 6.10 Å². The van der Waals surface area contributed by atoms with E-state index >= 15 is 0 Å². The molecule has 0 aliphatic rings. The maximum atomic E-state index is 12.8. The van der Waals surface area contributed by atoms with E-state index in [0.717, 1.165) is 77.0 Å². The number of unbranched alkanes of at least 4 members (excludes halogenated alkanes) is 14. The Labute approximate surface area is 397 Å². The summed E-state index contributed by atoms with van der Waals surface area (Å²) in [6.45, 7) is 4.67. The fraction of sp³-hybridized carbons (Fsp3) is 0.661.